The summed E-state index contributed by atoms with van der Waals surface area (Å²) in [4.78, 5) is 12.1. The molecule has 3 N–H and O–H groups in total. The summed E-state index contributed by atoms with van der Waals surface area (Å²) < 4.78 is 15.0. The molecule has 1 aliphatic rings. The number of thioether (sulfide) groups is 1. The third-order valence-corrected chi connectivity index (χ3v) is 5.08. The van der Waals surface area contributed by atoms with Gasteiger partial charge in [-0.25, -0.2) is 9.07 Å². The summed E-state index contributed by atoms with van der Waals surface area (Å²) in [5, 5.41) is 20.1. The monoisotopic (exact) mass is 360 g/mol. The van der Waals surface area contributed by atoms with E-state index < -0.39 is 11.4 Å². The zero-order chi connectivity index (χ0) is 18.0. The maximum absolute atomic E-state index is 13.8. The summed E-state index contributed by atoms with van der Waals surface area (Å²) in [6.45, 7) is 1.73. The fourth-order valence-corrected chi connectivity index (χ4v) is 3.20. The molecule has 130 valence electrons. The fraction of sp³-hybridized carbons (Fsp3) is 0.375. The second kappa shape index (κ2) is 6.72. The second-order valence-electron chi connectivity index (χ2n) is 6.08. The highest BCUT2D eigenvalue weighted by molar-refractivity contribution is 7.99. The molecule has 1 aromatic heterocycles. The molecular weight excluding hydrogens is 343 g/mol. The molecule has 1 atom stereocenters. The Morgan fingerprint density at radius 1 is 1.52 bits per heavy atom. The maximum Gasteiger partial charge on any atom is 0.231 e. The van der Waals surface area contributed by atoms with Gasteiger partial charge in [-0.2, -0.15) is 5.26 Å². The van der Waals surface area contributed by atoms with E-state index in [1.165, 1.54) is 6.07 Å². The molecule has 7 nitrogen and oxygen atoms in total. The van der Waals surface area contributed by atoms with Crippen LogP contribution in [0, 0.1) is 23.1 Å². The van der Waals surface area contributed by atoms with Crippen LogP contribution in [0.25, 0.3) is 11.4 Å². The largest absolute Gasteiger partial charge is 0.337 e. The van der Waals surface area contributed by atoms with Crippen LogP contribution in [0.3, 0.4) is 0 Å². The van der Waals surface area contributed by atoms with E-state index in [9.17, 15) is 14.4 Å². The fourth-order valence-electron chi connectivity index (χ4n) is 2.54. The first-order valence-corrected chi connectivity index (χ1v) is 8.73. The molecule has 0 bridgehead atoms. The average molecular weight is 360 g/mol. The van der Waals surface area contributed by atoms with Crippen molar-refractivity contribution in [1.29, 1.82) is 5.26 Å². The van der Waals surface area contributed by atoms with Crippen molar-refractivity contribution >= 4 is 17.7 Å². The number of rotatable bonds is 6. The molecule has 1 aromatic carbocycles. The van der Waals surface area contributed by atoms with Gasteiger partial charge in [-0.15, -0.1) is 10.2 Å². The first-order chi connectivity index (χ1) is 11.9. The lowest BCUT2D eigenvalue weighted by molar-refractivity contribution is -0.119. The first kappa shape index (κ1) is 17.2. The summed E-state index contributed by atoms with van der Waals surface area (Å²) in [5.41, 5.74) is -0.605. The number of nitrogen functional groups attached to an aromatic ring is 1. The van der Waals surface area contributed by atoms with Gasteiger partial charge in [-0.1, -0.05) is 23.9 Å². The van der Waals surface area contributed by atoms with Gasteiger partial charge in [-0.05, 0) is 37.8 Å². The van der Waals surface area contributed by atoms with Crippen molar-refractivity contribution in [3.05, 3.63) is 30.1 Å². The van der Waals surface area contributed by atoms with Crippen LogP contribution in [0.15, 0.2) is 29.4 Å². The number of halogens is 1. The number of nitriles is 1. The molecule has 1 unspecified atom stereocenters. The molecule has 1 fully saturated rings. The average Bonchev–Trinajstić information content (AvgIpc) is 3.39. The third-order valence-electron chi connectivity index (χ3n) is 4.14. The Morgan fingerprint density at radius 3 is 2.88 bits per heavy atom. The zero-order valence-electron chi connectivity index (χ0n) is 13.6. The lowest BCUT2D eigenvalue weighted by Crippen LogP contribution is -2.47. The van der Waals surface area contributed by atoms with E-state index in [1.807, 2.05) is 0 Å². The summed E-state index contributed by atoms with van der Waals surface area (Å²) in [5.74, 6) is 5.61. The van der Waals surface area contributed by atoms with Crippen molar-refractivity contribution < 1.29 is 9.18 Å². The van der Waals surface area contributed by atoms with Crippen molar-refractivity contribution in [2.75, 3.05) is 11.6 Å². The maximum atomic E-state index is 13.8. The molecule has 9 heteroatoms. The van der Waals surface area contributed by atoms with Gasteiger partial charge < -0.3 is 11.2 Å². The van der Waals surface area contributed by atoms with Crippen LogP contribution in [0.4, 0.5) is 4.39 Å². The molecular formula is C16H17FN6OS. The minimum absolute atomic E-state index is 0.0383. The number of aromatic nitrogens is 3. The number of carbonyl (C=O) groups excluding carboxylic acids is 1. The summed E-state index contributed by atoms with van der Waals surface area (Å²) >= 11 is 1.08. The number of nitrogens with zero attached hydrogens (tertiary/aromatic N) is 4. The van der Waals surface area contributed by atoms with Crippen LogP contribution < -0.4 is 11.2 Å². The van der Waals surface area contributed by atoms with Crippen LogP contribution in [-0.4, -0.2) is 32.1 Å². The summed E-state index contributed by atoms with van der Waals surface area (Å²) in [6.07, 6.45) is 1.89. The number of nitrogens with one attached hydrogen (secondary N) is 1. The predicted octanol–water partition coefficient (Wildman–Crippen LogP) is 1.70. The van der Waals surface area contributed by atoms with Crippen LogP contribution in [0.1, 0.15) is 19.8 Å². The van der Waals surface area contributed by atoms with Crippen molar-refractivity contribution in [2.24, 2.45) is 5.92 Å². The van der Waals surface area contributed by atoms with E-state index in [1.54, 1.807) is 25.1 Å². The van der Waals surface area contributed by atoms with E-state index in [2.05, 4.69) is 21.6 Å². The molecule has 0 spiro atoms. The number of benzene rings is 1. The van der Waals surface area contributed by atoms with E-state index in [0.717, 1.165) is 29.3 Å². The highest BCUT2D eigenvalue weighted by Gasteiger charge is 2.42. The van der Waals surface area contributed by atoms with Gasteiger partial charge in [0.1, 0.15) is 11.4 Å². The van der Waals surface area contributed by atoms with Crippen LogP contribution >= 0.6 is 11.8 Å². The number of amides is 1. The van der Waals surface area contributed by atoms with Crippen LogP contribution in [0.5, 0.6) is 0 Å². The third kappa shape index (κ3) is 3.58. The van der Waals surface area contributed by atoms with Crippen molar-refractivity contribution in [1.82, 2.24) is 20.2 Å². The first-order valence-electron chi connectivity index (χ1n) is 7.75. The van der Waals surface area contributed by atoms with Gasteiger partial charge in [-0.3, -0.25) is 4.79 Å². The normalized spacial score (nSPS) is 16.0. The van der Waals surface area contributed by atoms with Crippen molar-refractivity contribution in [3.8, 4) is 17.5 Å². The standard InChI is InChI=1S/C16H17FN6OS/c1-16(9-18,10-6-7-10)20-13(24)8-25-15-22-21-14(23(15)19)11-4-2-3-5-12(11)17/h2-5,10H,6-8,19H2,1H3,(H,20,24). The molecule has 1 amide bonds. The quantitative estimate of drug-likeness (QED) is 0.599. The number of hydrogen-bond acceptors (Lipinski definition) is 6. The predicted molar refractivity (Wildman–Crippen MR) is 91.2 cm³/mol. The molecule has 1 saturated carbocycles. The number of nitrogens with two attached hydrogens (primary N) is 1. The van der Waals surface area contributed by atoms with Gasteiger partial charge in [0, 0.05) is 0 Å². The van der Waals surface area contributed by atoms with Gasteiger partial charge in [0.25, 0.3) is 0 Å². The Balaban J connectivity index is 1.66. The summed E-state index contributed by atoms with van der Waals surface area (Å²) in [6, 6.07) is 8.28. The Labute approximate surface area is 148 Å². The molecule has 2 aromatic rings. The summed E-state index contributed by atoms with van der Waals surface area (Å²) in [7, 11) is 0. The molecule has 0 aliphatic heterocycles. The minimum Gasteiger partial charge on any atom is -0.337 e. The van der Waals surface area contributed by atoms with E-state index in [4.69, 9.17) is 5.84 Å². The van der Waals surface area contributed by atoms with E-state index in [0.29, 0.717) is 5.16 Å². The van der Waals surface area contributed by atoms with E-state index >= 15 is 0 Å². The highest BCUT2D eigenvalue weighted by atomic mass is 32.2. The Morgan fingerprint density at radius 2 is 2.24 bits per heavy atom. The Bertz CT molecular complexity index is 843. The molecule has 0 saturated heterocycles. The highest BCUT2D eigenvalue weighted by Crippen LogP contribution is 2.39. The molecule has 3 rings (SSSR count). The molecule has 1 heterocycles. The van der Waals surface area contributed by atoms with Crippen molar-refractivity contribution in [3.63, 3.8) is 0 Å². The van der Waals surface area contributed by atoms with E-state index in [-0.39, 0.29) is 29.0 Å². The second-order valence-corrected chi connectivity index (χ2v) is 7.02. The van der Waals surface area contributed by atoms with Crippen LogP contribution in [-0.2, 0) is 4.79 Å². The van der Waals surface area contributed by atoms with Gasteiger partial charge in [0.05, 0.1) is 17.4 Å². The Hall–Kier alpha value is -2.60. The topological polar surface area (TPSA) is 110 Å². The van der Waals surface area contributed by atoms with Crippen LogP contribution in [0.2, 0.25) is 0 Å². The molecule has 25 heavy (non-hydrogen) atoms. The molecule has 1 aliphatic carbocycles. The number of hydrogen-bond donors (Lipinski definition) is 2. The lowest BCUT2D eigenvalue weighted by atomic mass is 9.98. The zero-order valence-corrected chi connectivity index (χ0v) is 14.4. The van der Waals surface area contributed by atoms with Crippen molar-refractivity contribution in [2.45, 2.75) is 30.5 Å². The minimum atomic E-state index is -0.841. The number of carbonyl (C=O) groups is 1. The SMILES string of the molecule is CC(C#N)(NC(=O)CSc1nnc(-c2ccccc2F)n1N)C1CC1. The Kier molecular flexibility index (Phi) is 4.63. The van der Waals surface area contributed by atoms with Gasteiger partial charge in [0.15, 0.2) is 5.82 Å². The lowest BCUT2D eigenvalue weighted by Gasteiger charge is -2.22. The van der Waals surface area contributed by atoms with Gasteiger partial charge >= 0.3 is 0 Å². The van der Waals surface area contributed by atoms with Gasteiger partial charge in [0.2, 0.25) is 11.1 Å². The molecule has 0 radical (unpaired) electrons. The smallest absolute Gasteiger partial charge is 0.231 e.